The second-order valence-corrected chi connectivity index (χ2v) is 10.4. The molecule has 4 aromatic carbocycles. The van der Waals surface area contributed by atoms with Crippen LogP contribution in [0.3, 0.4) is 0 Å². The standard InChI is InChI=1S/C34H35NO3/c36-28-17-13-27(14-18-28)34-33(25-9-3-1-4-10-25)32(30-11-5-6-12-31(30)38-34)26-15-19-29(20-16-26)37-24-23-35-21-7-2-8-22-35/h1,3-6,9-20,32-34,36H,2,7-8,21-24H2/t32-,33+,34-/m0/s1. The van der Waals surface area contributed by atoms with E-state index in [-0.39, 0.29) is 23.7 Å². The highest BCUT2D eigenvalue weighted by Crippen LogP contribution is 2.53. The summed E-state index contributed by atoms with van der Waals surface area (Å²) < 4.78 is 12.8. The predicted octanol–water partition coefficient (Wildman–Crippen LogP) is 7.31. The second kappa shape index (κ2) is 11.3. The Morgan fingerprint density at radius 1 is 0.711 bits per heavy atom. The first kappa shape index (κ1) is 24.6. The molecule has 4 heteroatoms. The number of nitrogens with zero attached hydrogens (tertiary/aromatic N) is 1. The van der Waals surface area contributed by atoms with Crippen LogP contribution in [0.15, 0.2) is 103 Å². The SMILES string of the molecule is Oc1ccc([C@@H]2Oc3ccccc3[C@H](c3ccc(OCCN4CCCCC4)cc3)[C@H]2c2ccccc2)cc1. The van der Waals surface area contributed by atoms with E-state index in [4.69, 9.17) is 9.47 Å². The van der Waals surface area contributed by atoms with Gasteiger partial charge < -0.3 is 14.6 Å². The van der Waals surface area contributed by atoms with Crippen LogP contribution >= 0.6 is 0 Å². The lowest BCUT2D eigenvalue weighted by atomic mass is 9.71. The average molecular weight is 506 g/mol. The maximum absolute atomic E-state index is 9.93. The van der Waals surface area contributed by atoms with Gasteiger partial charge in [0.1, 0.15) is 30.0 Å². The van der Waals surface area contributed by atoms with E-state index in [2.05, 4.69) is 77.7 Å². The summed E-state index contributed by atoms with van der Waals surface area (Å²) in [6.45, 7) is 4.08. The summed E-state index contributed by atoms with van der Waals surface area (Å²) in [6, 6.07) is 35.1. The largest absolute Gasteiger partial charge is 0.508 e. The van der Waals surface area contributed by atoms with E-state index in [0.717, 1.165) is 30.2 Å². The minimum absolute atomic E-state index is 0.0570. The first-order valence-corrected chi connectivity index (χ1v) is 13.8. The number of aromatic hydroxyl groups is 1. The van der Waals surface area contributed by atoms with Crippen LogP contribution in [0.4, 0.5) is 0 Å². The van der Waals surface area contributed by atoms with Crippen molar-refractivity contribution in [3.63, 3.8) is 0 Å². The van der Waals surface area contributed by atoms with Crippen LogP contribution in [0.25, 0.3) is 0 Å². The van der Waals surface area contributed by atoms with E-state index < -0.39 is 0 Å². The lowest BCUT2D eigenvalue weighted by Crippen LogP contribution is -2.33. The number of phenols is 1. The summed E-state index contributed by atoms with van der Waals surface area (Å²) in [5.74, 6) is 2.24. The van der Waals surface area contributed by atoms with E-state index in [1.807, 2.05) is 18.2 Å². The summed E-state index contributed by atoms with van der Waals surface area (Å²) in [5.41, 5.74) is 4.71. The summed E-state index contributed by atoms with van der Waals surface area (Å²) in [7, 11) is 0. The Morgan fingerprint density at radius 2 is 1.39 bits per heavy atom. The molecule has 0 amide bonds. The Balaban J connectivity index is 1.32. The minimum Gasteiger partial charge on any atom is -0.508 e. The van der Waals surface area contributed by atoms with Crippen LogP contribution in [0.5, 0.6) is 17.2 Å². The molecule has 3 atom stereocenters. The molecule has 0 spiro atoms. The third kappa shape index (κ3) is 5.27. The zero-order chi connectivity index (χ0) is 25.7. The fourth-order valence-corrected chi connectivity index (χ4v) is 6.04. The lowest BCUT2D eigenvalue weighted by molar-refractivity contribution is 0.141. The number of hydrogen-bond donors (Lipinski definition) is 1. The average Bonchev–Trinajstić information content (AvgIpc) is 2.98. The van der Waals surface area contributed by atoms with Crippen LogP contribution in [-0.2, 0) is 0 Å². The zero-order valence-corrected chi connectivity index (χ0v) is 21.7. The smallest absolute Gasteiger partial charge is 0.131 e. The van der Waals surface area contributed by atoms with Crippen LogP contribution in [0, 0.1) is 0 Å². The normalized spacial score (nSPS) is 21.3. The third-order valence-corrected chi connectivity index (χ3v) is 7.96. The van der Waals surface area contributed by atoms with Crippen molar-refractivity contribution in [3.8, 4) is 17.2 Å². The molecule has 0 unspecified atom stereocenters. The monoisotopic (exact) mass is 505 g/mol. The molecule has 2 aliphatic heterocycles. The molecule has 0 saturated carbocycles. The van der Waals surface area contributed by atoms with Gasteiger partial charge in [0.25, 0.3) is 0 Å². The first-order chi connectivity index (χ1) is 18.8. The van der Waals surface area contributed by atoms with Crippen molar-refractivity contribution in [3.05, 3.63) is 125 Å². The highest BCUT2D eigenvalue weighted by molar-refractivity contribution is 5.50. The molecule has 6 rings (SSSR count). The Labute approximate surface area is 225 Å². The van der Waals surface area contributed by atoms with Gasteiger partial charge in [-0.15, -0.1) is 0 Å². The van der Waals surface area contributed by atoms with Crippen LogP contribution in [0.2, 0.25) is 0 Å². The van der Waals surface area contributed by atoms with E-state index in [0.29, 0.717) is 0 Å². The van der Waals surface area contributed by atoms with Gasteiger partial charge >= 0.3 is 0 Å². The first-order valence-electron chi connectivity index (χ1n) is 13.8. The quantitative estimate of drug-likeness (QED) is 0.286. The molecule has 4 nitrogen and oxygen atoms in total. The second-order valence-electron chi connectivity index (χ2n) is 10.4. The fraction of sp³-hybridized carbons (Fsp3) is 0.294. The van der Waals surface area contributed by atoms with Crippen molar-refractivity contribution < 1.29 is 14.6 Å². The van der Waals surface area contributed by atoms with Gasteiger partial charge in [0, 0.05) is 23.9 Å². The molecule has 0 radical (unpaired) electrons. The molecule has 2 aliphatic rings. The summed E-state index contributed by atoms with van der Waals surface area (Å²) in [4.78, 5) is 2.50. The van der Waals surface area contributed by atoms with Crippen molar-refractivity contribution in [2.24, 2.45) is 0 Å². The highest BCUT2D eigenvalue weighted by atomic mass is 16.5. The number of para-hydroxylation sites is 1. The molecule has 4 aromatic rings. The molecular formula is C34H35NO3. The van der Waals surface area contributed by atoms with Gasteiger partial charge in [-0.3, -0.25) is 4.90 Å². The molecular weight excluding hydrogens is 470 g/mol. The van der Waals surface area contributed by atoms with E-state index in [1.54, 1.807) is 12.1 Å². The number of benzene rings is 4. The molecule has 1 saturated heterocycles. The summed E-state index contributed by atoms with van der Waals surface area (Å²) in [5, 5.41) is 9.93. The van der Waals surface area contributed by atoms with Crippen molar-refractivity contribution in [2.45, 2.75) is 37.2 Å². The molecule has 194 valence electrons. The molecule has 0 bridgehead atoms. The van der Waals surface area contributed by atoms with Crippen LogP contribution in [-0.4, -0.2) is 36.2 Å². The number of ether oxygens (including phenoxy) is 2. The van der Waals surface area contributed by atoms with Crippen LogP contribution < -0.4 is 9.47 Å². The summed E-state index contributed by atoms with van der Waals surface area (Å²) in [6.07, 6.45) is 3.76. The Hall–Kier alpha value is -3.76. The van der Waals surface area contributed by atoms with Gasteiger partial charge in [-0.1, -0.05) is 79.2 Å². The topological polar surface area (TPSA) is 41.9 Å². The van der Waals surface area contributed by atoms with Crippen molar-refractivity contribution in [2.75, 3.05) is 26.2 Å². The number of phenolic OH excluding ortho intramolecular Hbond substituents is 1. The van der Waals surface area contributed by atoms with Gasteiger partial charge in [-0.05, 0) is 73.0 Å². The Bertz CT molecular complexity index is 1310. The van der Waals surface area contributed by atoms with Gasteiger partial charge in [-0.2, -0.15) is 0 Å². The Kier molecular flexibility index (Phi) is 7.32. The molecule has 0 aliphatic carbocycles. The fourth-order valence-electron chi connectivity index (χ4n) is 6.04. The predicted molar refractivity (Wildman–Crippen MR) is 151 cm³/mol. The maximum Gasteiger partial charge on any atom is 0.131 e. The molecule has 1 N–H and O–H groups in total. The van der Waals surface area contributed by atoms with Gasteiger partial charge in [-0.25, -0.2) is 0 Å². The Morgan fingerprint density at radius 3 is 2.16 bits per heavy atom. The highest BCUT2D eigenvalue weighted by Gasteiger charge is 2.41. The molecule has 1 fully saturated rings. The lowest BCUT2D eigenvalue weighted by Gasteiger charge is -2.40. The number of fused-ring (bicyclic) bond motifs is 1. The number of rotatable bonds is 7. The number of likely N-dealkylation sites (tertiary alicyclic amines) is 1. The minimum atomic E-state index is -0.196. The number of hydrogen-bond acceptors (Lipinski definition) is 4. The van der Waals surface area contributed by atoms with Crippen molar-refractivity contribution >= 4 is 0 Å². The third-order valence-electron chi connectivity index (χ3n) is 7.96. The molecule has 2 heterocycles. The zero-order valence-electron chi connectivity index (χ0n) is 21.7. The number of piperidine rings is 1. The van der Waals surface area contributed by atoms with Gasteiger partial charge in [0.05, 0.1) is 0 Å². The van der Waals surface area contributed by atoms with Gasteiger partial charge in [0.2, 0.25) is 0 Å². The summed E-state index contributed by atoms with van der Waals surface area (Å²) >= 11 is 0. The van der Waals surface area contributed by atoms with E-state index in [1.165, 1.54) is 49.0 Å². The molecule has 38 heavy (non-hydrogen) atoms. The van der Waals surface area contributed by atoms with E-state index in [9.17, 15) is 5.11 Å². The molecule has 0 aromatic heterocycles. The van der Waals surface area contributed by atoms with Gasteiger partial charge in [0.15, 0.2) is 0 Å². The maximum atomic E-state index is 9.93. The van der Waals surface area contributed by atoms with Crippen molar-refractivity contribution in [1.82, 2.24) is 4.90 Å². The van der Waals surface area contributed by atoms with E-state index >= 15 is 0 Å². The van der Waals surface area contributed by atoms with Crippen LogP contribution in [0.1, 0.15) is 59.5 Å². The van der Waals surface area contributed by atoms with Crippen molar-refractivity contribution in [1.29, 1.82) is 0 Å².